The van der Waals surface area contributed by atoms with E-state index in [0.717, 1.165) is 25.0 Å². The summed E-state index contributed by atoms with van der Waals surface area (Å²) in [5, 5.41) is 6.60. The van der Waals surface area contributed by atoms with Crippen LogP contribution in [0.15, 0.2) is 10.6 Å². The van der Waals surface area contributed by atoms with E-state index in [1.54, 1.807) is 0 Å². The zero-order chi connectivity index (χ0) is 12.3. The molecule has 0 saturated heterocycles. The first-order chi connectivity index (χ1) is 8.15. The highest BCUT2D eigenvalue weighted by Gasteiger charge is 2.25. The SMILES string of the molecule is Cc1cc(CNC(=O)C[C@@H]2CCC[C@H]2N)on1. The zero-order valence-electron chi connectivity index (χ0n) is 10.1. The van der Waals surface area contributed by atoms with Gasteiger partial charge >= 0.3 is 0 Å². The maximum absolute atomic E-state index is 11.7. The Morgan fingerprint density at radius 1 is 1.65 bits per heavy atom. The van der Waals surface area contributed by atoms with Gasteiger partial charge in [-0.15, -0.1) is 0 Å². The number of rotatable bonds is 4. The van der Waals surface area contributed by atoms with Crippen molar-refractivity contribution in [3.8, 4) is 0 Å². The summed E-state index contributed by atoms with van der Waals surface area (Å²) < 4.78 is 5.02. The van der Waals surface area contributed by atoms with Crippen molar-refractivity contribution < 1.29 is 9.32 Å². The Morgan fingerprint density at radius 2 is 2.47 bits per heavy atom. The monoisotopic (exact) mass is 237 g/mol. The van der Waals surface area contributed by atoms with E-state index in [-0.39, 0.29) is 11.9 Å². The van der Waals surface area contributed by atoms with Gasteiger partial charge in [-0.05, 0) is 25.7 Å². The van der Waals surface area contributed by atoms with E-state index in [1.807, 2.05) is 13.0 Å². The third-order valence-corrected chi connectivity index (χ3v) is 3.30. The van der Waals surface area contributed by atoms with Gasteiger partial charge in [0.05, 0.1) is 12.2 Å². The molecule has 0 bridgehead atoms. The number of aromatic nitrogens is 1. The predicted molar refractivity (Wildman–Crippen MR) is 63.0 cm³/mol. The van der Waals surface area contributed by atoms with Crippen LogP contribution in [0.4, 0.5) is 0 Å². The minimum absolute atomic E-state index is 0.0430. The second-order valence-electron chi connectivity index (χ2n) is 4.77. The third kappa shape index (κ3) is 3.30. The highest BCUT2D eigenvalue weighted by Crippen LogP contribution is 2.26. The fourth-order valence-electron chi connectivity index (χ4n) is 2.31. The minimum atomic E-state index is 0.0430. The van der Waals surface area contributed by atoms with Crippen LogP contribution in [0.3, 0.4) is 0 Å². The molecule has 0 spiro atoms. The van der Waals surface area contributed by atoms with Gasteiger partial charge in [-0.3, -0.25) is 4.79 Å². The van der Waals surface area contributed by atoms with Crippen molar-refractivity contribution in [1.82, 2.24) is 10.5 Å². The molecule has 1 aromatic rings. The lowest BCUT2D eigenvalue weighted by Gasteiger charge is -2.14. The van der Waals surface area contributed by atoms with Gasteiger partial charge in [0, 0.05) is 18.5 Å². The first-order valence-electron chi connectivity index (χ1n) is 6.09. The van der Waals surface area contributed by atoms with E-state index in [2.05, 4.69) is 10.5 Å². The van der Waals surface area contributed by atoms with Crippen molar-refractivity contribution >= 4 is 5.91 Å². The number of amides is 1. The Kier molecular flexibility index (Phi) is 3.78. The number of nitrogens with zero attached hydrogens (tertiary/aromatic N) is 1. The molecule has 17 heavy (non-hydrogen) atoms. The molecule has 1 aliphatic carbocycles. The van der Waals surface area contributed by atoms with Gasteiger partial charge in [-0.25, -0.2) is 0 Å². The van der Waals surface area contributed by atoms with Crippen molar-refractivity contribution in [3.05, 3.63) is 17.5 Å². The Hall–Kier alpha value is -1.36. The summed E-state index contributed by atoms with van der Waals surface area (Å²) in [5.74, 6) is 1.07. The molecule has 0 aromatic carbocycles. The molecular formula is C12H19N3O2. The van der Waals surface area contributed by atoms with Crippen LogP contribution in [0, 0.1) is 12.8 Å². The number of hydrogen-bond acceptors (Lipinski definition) is 4. The maximum atomic E-state index is 11.7. The van der Waals surface area contributed by atoms with Crippen molar-refractivity contribution in [3.63, 3.8) is 0 Å². The lowest BCUT2D eigenvalue weighted by Crippen LogP contribution is -2.31. The standard InChI is InChI=1S/C12H19N3O2/c1-8-5-10(17-15-8)7-14-12(16)6-9-3-2-4-11(9)13/h5,9,11H,2-4,6-7,13H2,1H3,(H,14,16)/t9-,11+/m0/s1. The smallest absolute Gasteiger partial charge is 0.220 e. The van der Waals surface area contributed by atoms with Gasteiger partial charge in [0.1, 0.15) is 0 Å². The molecule has 1 heterocycles. The number of nitrogens with two attached hydrogens (primary N) is 1. The van der Waals surface area contributed by atoms with Gasteiger partial charge in [-0.1, -0.05) is 11.6 Å². The fourth-order valence-corrected chi connectivity index (χ4v) is 2.31. The second-order valence-corrected chi connectivity index (χ2v) is 4.77. The molecule has 1 aromatic heterocycles. The molecule has 5 nitrogen and oxygen atoms in total. The van der Waals surface area contributed by atoms with E-state index < -0.39 is 0 Å². The Labute approximate surface area is 101 Å². The Morgan fingerprint density at radius 3 is 3.06 bits per heavy atom. The van der Waals surface area contributed by atoms with E-state index in [4.69, 9.17) is 10.3 Å². The summed E-state index contributed by atoms with van der Waals surface area (Å²) in [5.41, 5.74) is 6.76. The summed E-state index contributed by atoms with van der Waals surface area (Å²) in [6.45, 7) is 2.26. The van der Waals surface area contributed by atoms with Crippen molar-refractivity contribution in [2.24, 2.45) is 11.7 Å². The van der Waals surface area contributed by atoms with Crippen LogP contribution >= 0.6 is 0 Å². The molecule has 0 aliphatic heterocycles. The topological polar surface area (TPSA) is 81.2 Å². The van der Waals surface area contributed by atoms with E-state index in [9.17, 15) is 4.79 Å². The minimum Gasteiger partial charge on any atom is -0.359 e. The number of nitrogens with one attached hydrogen (secondary N) is 1. The van der Waals surface area contributed by atoms with Crippen LogP contribution in [0.2, 0.25) is 0 Å². The fraction of sp³-hybridized carbons (Fsp3) is 0.667. The van der Waals surface area contributed by atoms with E-state index in [0.29, 0.717) is 24.6 Å². The summed E-state index contributed by atoms with van der Waals surface area (Å²) in [6.07, 6.45) is 3.77. The van der Waals surface area contributed by atoms with Crippen LogP contribution in [0.5, 0.6) is 0 Å². The first kappa shape index (κ1) is 12.1. The summed E-state index contributed by atoms with van der Waals surface area (Å²) >= 11 is 0. The Balaban J connectivity index is 1.74. The average molecular weight is 237 g/mol. The maximum Gasteiger partial charge on any atom is 0.220 e. The van der Waals surface area contributed by atoms with Crippen LogP contribution in [0.1, 0.15) is 37.1 Å². The quantitative estimate of drug-likeness (QED) is 0.822. The third-order valence-electron chi connectivity index (χ3n) is 3.30. The molecule has 1 saturated carbocycles. The van der Waals surface area contributed by atoms with Gasteiger partial charge < -0.3 is 15.6 Å². The van der Waals surface area contributed by atoms with Crippen LogP contribution < -0.4 is 11.1 Å². The van der Waals surface area contributed by atoms with Gasteiger partial charge in [0.15, 0.2) is 5.76 Å². The largest absolute Gasteiger partial charge is 0.359 e. The highest BCUT2D eigenvalue weighted by molar-refractivity contribution is 5.76. The Bertz CT molecular complexity index is 389. The van der Waals surface area contributed by atoms with Crippen molar-refractivity contribution in [2.45, 2.75) is 45.2 Å². The number of aryl methyl sites for hydroxylation is 1. The average Bonchev–Trinajstić information content (AvgIpc) is 2.86. The lowest BCUT2D eigenvalue weighted by atomic mass is 10.00. The van der Waals surface area contributed by atoms with Gasteiger partial charge in [0.2, 0.25) is 5.91 Å². The highest BCUT2D eigenvalue weighted by atomic mass is 16.5. The van der Waals surface area contributed by atoms with E-state index >= 15 is 0 Å². The van der Waals surface area contributed by atoms with Gasteiger partial charge in [-0.2, -0.15) is 0 Å². The molecule has 1 aliphatic rings. The zero-order valence-corrected chi connectivity index (χ0v) is 10.1. The van der Waals surface area contributed by atoms with E-state index in [1.165, 1.54) is 0 Å². The molecular weight excluding hydrogens is 218 g/mol. The molecule has 2 rings (SSSR count). The normalized spacial score (nSPS) is 23.9. The summed E-state index contributed by atoms with van der Waals surface area (Å²) in [6, 6.07) is 2.01. The summed E-state index contributed by atoms with van der Waals surface area (Å²) in [4.78, 5) is 11.7. The molecule has 1 amide bonds. The molecule has 2 atom stereocenters. The number of carbonyl (C=O) groups is 1. The lowest BCUT2D eigenvalue weighted by molar-refractivity contribution is -0.122. The van der Waals surface area contributed by atoms with Crippen molar-refractivity contribution in [2.75, 3.05) is 0 Å². The van der Waals surface area contributed by atoms with Crippen LogP contribution in [0.25, 0.3) is 0 Å². The molecule has 0 unspecified atom stereocenters. The molecule has 5 heteroatoms. The summed E-state index contributed by atoms with van der Waals surface area (Å²) in [7, 11) is 0. The number of carbonyl (C=O) groups excluding carboxylic acids is 1. The second kappa shape index (κ2) is 5.31. The molecule has 3 N–H and O–H groups in total. The first-order valence-corrected chi connectivity index (χ1v) is 6.09. The van der Waals surface area contributed by atoms with Crippen LogP contribution in [-0.4, -0.2) is 17.1 Å². The van der Waals surface area contributed by atoms with Crippen LogP contribution in [-0.2, 0) is 11.3 Å². The molecule has 1 fully saturated rings. The van der Waals surface area contributed by atoms with Crippen molar-refractivity contribution in [1.29, 1.82) is 0 Å². The molecule has 94 valence electrons. The molecule has 0 radical (unpaired) electrons. The van der Waals surface area contributed by atoms with Gasteiger partial charge in [0.25, 0.3) is 0 Å². The number of hydrogen-bond donors (Lipinski definition) is 2. The predicted octanol–water partition coefficient (Wildman–Crippen LogP) is 1.12.